The molecule has 72 valence electrons. The summed E-state index contributed by atoms with van der Waals surface area (Å²) in [5, 5.41) is 0. The van der Waals surface area contributed by atoms with Crippen LogP contribution in [-0.4, -0.2) is 5.71 Å². The van der Waals surface area contributed by atoms with E-state index in [0.29, 0.717) is 5.41 Å². The van der Waals surface area contributed by atoms with Crippen LogP contribution in [0.25, 0.3) is 0 Å². The van der Waals surface area contributed by atoms with Gasteiger partial charge in [0.25, 0.3) is 0 Å². The van der Waals surface area contributed by atoms with E-state index < -0.39 is 0 Å². The molecule has 0 bridgehead atoms. The molecule has 0 unspecified atom stereocenters. The largest absolute Gasteiger partial charge is 0.257 e. The lowest BCUT2D eigenvalue weighted by Crippen LogP contribution is -2.27. The van der Waals surface area contributed by atoms with E-state index in [4.69, 9.17) is 4.99 Å². The van der Waals surface area contributed by atoms with E-state index in [0.717, 1.165) is 0 Å². The molecule has 1 fully saturated rings. The Kier molecular flexibility index (Phi) is 1.58. The quantitative estimate of drug-likeness (QED) is 0.585. The Morgan fingerprint density at radius 3 is 2.64 bits per heavy atom. The molecule has 1 aliphatic carbocycles. The third-order valence-corrected chi connectivity index (χ3v) is 3.86. The van der Waals surface area contributed by atoms with Crippen LogP contribution >= 0.6 is 0 Å². The van der Waals surface area contributed by atoms with E-state index in [-0.39, 0.29) is 0 Å². The van der Waals surface area contributed by atoms with E-state index in [1.54, 1.807) is 0 Å². The van der Waals surface area contributed by atoms with E-state index in [9.17, 15) is 0 Å². The van der Waals surface area contributed by atoms with Crippen molar-refractivity contribution in [2.24, 2.45) is 4.99 Å². The second-order valence-corrected chi connectivity index (χ2v) is 4.50. The zero-order valence-electron chi connectivity index (χ0n) is 8.59. The zero-order valence-corrected chi connectivity index (χ0v) is 8.59. The summed E-state index contributed by atoms with van der Waals surface area (Å²) in [7, 11) is 0. The van der Waals surface area contributed by atoms with Crippen LogP contribution in [0, 0.1) is 0 Å². The van der Waals surface area contributed by atoms with Crippen molar-refractivity contribution in [3.63, 3.8) is 0 Å². The van der Waals surface area contributed by atoms with Gasteiger partial charge >= 0.3 is 0 Å². The number of fused-ring (bicyclic) bond motifs is 2. The molecule has 2 aliphatic rings. The van der Waals surface area contributed by atoms with Gasteiger partial charge in [-0.15, -0.1) is 0 Å². The maximum Gasteiger partial charge on any atom is 0.0670 e. The summed E-state index contributed by atoms with van der Waals surface area (Å²) >= 11 is 0. The zero-order chi connectivity index (χ0) is 9.60. The first kappa shape index (κ1) is 8.22. The number of benzene rings is 1. The molecule has 1 spiro atoms. The van der Waals surface area contributed by atoms with Crippen molar-refractivity contribution in [2.75, 3.05) is 0 Å². The van der Waals surface area contributed by atoms with Crippen LogP contribution in [0.2, 0.25) is 0 Å². The van der Waals surface area contributed by atoms with E-state index in [2.05, 4.69) is 31.2 Å². The van der Waals surface area contributed by atoms with Crippen molar-refractivity contribution in [2.45, 2.75) is 38.0 Å². The van der Waals surface area contributed by atoms with Gasteiger partial charge in [0.1, 0.15) is 0 Å². The van der Waals surface area contributed by atoms with Crippen molar-refractivity contribution in [1.82, 2.24) is 0 Å². The predicted molar refractivity (Wildman–Crippen MR) is 59.4 cm³/mol. The third-order valence-electron chi connectivity index (χ3n) is 3.86. The summed E-state index contributed by atoms with van der Waals surface area (Å²) in [6, 6.07) is 8.64. The van der Waals surface area contributed by atoms with Crippen LogP contribution in [0.5, 0.6) is 0 Å². The van der Waals surface area contributed by atoms with Crippen LogP contribution in [-0.2, 0) is 5.41 Å². The molecule has 1 heteroatoms. The van der Waals surface area contributed by atoms with Gasteiger partial charge in [-0.05, 0) is 31.4 Å². The summed E-state index contributed by atoms with van der Waals surface area (Å²) in [6.07, 6.45) is 5.33. The van der Waals surface area contributed by atoms with E-state index >= 15 is 0 Å². The van der Waals surface area contributed by atoms with Crippen molar-refractivity contribution in [3.05, 3.63) is 29.8 Å². The SMILES string of the molecule is CC1=Nc2ccccc2C12CCCC2. The average molecular weight is 185 g/mol. The molecule has 1 nitrogen and oxygen atoms in total. The Morgan fingerprint density at radius 1 is 1.14 bits per heavy atom. The maximum atomic E-state index is 4.70. The molecule has 1 saturated carbocycles. The summed E-state index contributed by atoms with van der Waals surface area (Å²) < 4.78 is 0. The second kappa shape index (κ2) is 2.69. The number of hydrogen-bond acceptors (Lipinski definition) is 1. The van der Waals surface area contributed by atoms with Crippen molar-refractivity contribution in [3.8, 4) is 0 Å². The second-order valence-electron chi connectivity index (χ2n) is 4.50. The van der Waals surface area contributed by atoms with Gasteiger partial charge in [-0.3, -0.25) is 4.99 Å². The predicted octanol–water partition coefficient (Wildman–Crippen LogP) is 3.60. The van der Waals surface area contributed by atoms with E-state index in [1.807, 2.05) is 0 Å². The van der Waals surface area contributed by atoms with Gasteiger partial charge in [-0.2, -0.15) is 0 Å². The van der Waals surface area contributed by atoms with Crippen molar-refractivity contribution in [1.29, 1.82) is 0 Å². The molecule has 0 radical (unpaired) electrons. The first-order valence-corrected chi connectivity index (χ1v) is 5.48. The number of hydrogen-bond donors (Lipinski definition) is 0. The number of para-hydroxylation sites is 1. The van der Waals surface area contributed by atoms with Crippen LogP contribution in [0.4, 0.5) is 5.69 Å². The van der Waals surface area contributed by atoms with Crippen LogP contribution in [0.1, 0.15) is 38.2 Å². The average Bonchev–Trinajstić information content (AvgIpc) is 2.77. The Labute approximate surface area is 84.9 Å². The van der Waals surface area contributed by atoms with Crippen LogP contribution in [0.15, 0.2) is 29.3 Å². The molecular formula is C13H15N. The monoisotopic (exact) mass is 185 g/mol. The van der Waals surface area contributed by atoms with Gasteiger partial charge in [-0.1, -0.05) is 31.0 Å². The van der Waals surface area contributed by atoms with Crippen molar-refractivity contribution >= 4 is 11.4 Å². The fourth-order valence-electron chi connectivity index (χ4n) is 3.07. The number of nitrogens with zero attached hydrogens (tertiary/aromatic N) is 1. The molecule has 14 heavy (non-hydrogen) atoms. The molecule has 1 heterocycles. The molecule has 0 N–H and O–H groups in total. The van der Waals surface area contributed by atoms with Gasteiger partial charge in [-0.25, -0.2) is 0 Å². The summed E-state index contributed by atoms with van der Waals surface area (Å²) in [5.74, 6) is 0. The lowest BCUT2D eigenvalue weighted by atomic mass is 9.77. The highest BCUT2D eigenvalue weighted by molar-refractivity contribution is 6.00. The van der Waals surface area contributed by atoms with Crippen LogP contribution < -0.4 is 0 Å². The lowest BCUT2D eigenvalue weighted by molar-refractivity contribution is 0.610. The minimum absolute atomic E-state index is 0.330. The van der Waals surface area contributed by atoms with Gasteiger partial charge < -0.3 is 0 Å². The molecule has 3 rings (SSSR count). The smallest absolute Gasteiger partial charge is 0.0670 e. The molecule has 0 aromatic heterocycles. The van der Waals surface area contributed by atoms with Gasteiger partial charge in [0.15, 0.2) is 0 Å². The minimum Gasteiger partial charge on any atom is -0.257 e. The fraction of sp³-hybridized carbons (Fsp3) is 0.462. The van der Waals surface area contributed by atoms with E-state index in [1.165, 1.54) is 42.6 Å². The molecule has 1 aliphatic heterocycles. The summed E-state index contributed by atoms with van der Waals surface area (Å²) in [4.78, 5) is 4.70. The third kappa shape index (κ3) is 0.875. The molecular weight excluding hydrogens is 170 g/mol. The minimum atomic E-state index is 0.330. The Balaban J connectivity index is 2.20. The summed E-state index contributed by atoms with van der Waals surface area (Å²) in [6.45, 7) is 2.20. The topological polar surface area (TPSA) is 12.4 Å². The molecule has 1 aromatic rings. The highest BCUT2D eigenvalue weighted by atomic mass is 14.8. The number of aliphatic imine (C=N–C) groups is 1. The first-order chi connectivity index (χ1) is 6.83. The van der Waals surface area contributed by atoms with Gasteiger partial charge in [0.2, 0.25) is 0 Å². The molecule has 0 atom stereocenters. The first-order valence-electron chi connectivity index (χ1n) is 5.48. The van der Waals surface area contributed by atoms with Gasteiger partial charge in [0.05, 0.1) is 5.69 Å². The summed E-state index contributed by atoms with van der Waals surface area (Å²) in [5.41, 5.74) is 4.37. The normalized spacial score (nSPS) is 22.5. The molecule has 0 saturated heterocycles. The molecule has 1 aromatic carbocycles. The standard InChI is InChI=1S/C13H15N/c1-10-13(8-4-5-9-13)11-6-2-3-7-12(11)14-10/h2-3,6-7H,4-5,8-9H2,1H3. The Bertz CT molecular complexity index is 397. The Morgan fingerprint density at radius 2 is 1.86 bits per heavy atom. The Hall–Kier alpha value is -1.11. The van der Waals surface area contributed by atoms with Gasteiger partial charge in [0, 0.05) is 11.1 Å². The molecule has 0 amide bonds. The fourth-order valence-corrected chi connectivity index (χ4v) is 3.07. The lowest BCUT2D eigenvalue weighted by Gasteiger charge is -2.24. The van der Waals surface area contributed by atoms with Crippen molar-refractivity contribution < 1.29 is 0 Å². The van der Waals surface area contributed by atoms with Crippen LogP contribution in [0.3, 0.4) is 0 Å². The number of rotatable bonds is 0. The highest BCUT2D eigenvalue weighted by Gasteiger charge is 2.42. The highest BCUT2D eigenvalue weighted by Crippen LogP contribution is 2.49. The maximum absolute atomic E-state index is 4.70.